The zero-order valence-corrected chi connectivity index (χ0v) is 11.6. The first kappa shape index (κ1) is 13.9. The lowest BCUT2D eigenvalue weighted by molar-refractivity contribution is 1.23. The van der Waals surface area contributed by atoms with E-state index in [4.69, 9.17) is 5.73 Å². The van der Waals surface area contributed by atoms with Crippen LogP contribution in [0.1, 0.15) is 11.1 Å². The van der Waals surface area contributed by atoms with E-state index in [1.54, 1.807) is 0 Å². The van der Waals surface area contributed by atoms with Crippen molar-refractivity contribution in [2.45, 2.75) is 6.92 Å². The van der Waals surface area contributed by atoms with Gasteiger partial charge in [0.05, 0.1) is 6.54 Å². The number of nitrogens with one attached hydrogen (secondary N) is 1. The van der Waals surface area contributed by atoms with Gasteiger partial charge >= 0.3 is 0 Å². The van der Waals surface area contributed by atoms with Gasteiger partial charge in [-0.05, 0) is 30.2 Å². The first-order valence-electron chi connectivity index (χ1n) is 6.59. The topological polar surface area (TPSA) is 50.4 Å². The minimum Gasteiger partial charge on any atom is -0.370 e. The first-order chi connectivity index (χ1) is 9.74. The van der Waals surface area contributed by atoms with Crippen LogP contribution < -0.4 is 11.1 Å². The van der Waals surface area contributed by atoms with Gasteiger partial charge < -0.3 is 11.1 Å². The molecule has 0 radical (unpaired) electrons. The number of guanidine groups is 1. The summed E-state index contributed by atoms with van der Waals surface area (Å²) in [5.41, 5.74) is 9.14. The molecule has 0 saturated carbocycles. The fraction of sp³-hybridized carbons (Fsp3) is 0.118. The van der Waals surface area contributed by atoms with Crippen LogP contribution in [0.5, 0.6) is 0 Å². The molecule has 3 N–H and O–H groups in total. The second-order valence-corrected chi connectivity index (χ2v) is 4.53. The van der Waals surface area contributed by atoms with E-state index in [0.717, 1.165) is 11.3 Å². The van der Waals surface area contributed by atoms with Crippen molar-refractivity contribution in [3.05, 3.63) is 71.8 Å². The van der Waals surface area contributed by atoms with Gasteiger partial charge in [-0.3, -0.25) is 0 Å². The molecule has 102 valence electrons. The summed E-state index contributed by atoms with van der Waals surface area (Å²) >= 11 is 0. The lowest BCUT2D eigenvalue weighted by Crippen LogP contribution is -2.22. The Labute approximate surface area is 119 Å². The molecule has 20 heavy (non-hydrogen) atoms. The Bertz CT molecular complexity index is 601. The maximum Gasteiger partial charge on any atom is 0.193 e. The van der Waals surface area contributed by atoms with Gasteiger partial charge in [-0.25, -0.2) is 4.99 Å². The quantitative estimate of drug-likeness (QED) is 0.657. The molecule has 0 bridgehead atoms. The minimum absolute atomic E-state index is 0.424. The van der Waals surface area contributed by atoms with Crippen molar-refractivity contribution in [2.24, 2.45) is 10.7 Å². The third kappa shape index (κ3) is 4.61. The molecule has 3 heteroatoms. The molecule has 0 heterocycles. The van der Waals surface area contributed by atoms with Crippen LogP contribution in [0.15, 0.2) is 65.7 Å². The molecule has 0 aromatic heterocycles. The SMILES string of the molecule is Cc1cccc(NC(N)=NCC=Cc2ccccc2)c1. The van der Waals surface area contributed by atoms with Crippen LogP contribution in [0.4, 0.5) is 5.69 Å². The predicted molar refractivity (Wildman–Crippen MR) is 86.8 cm³/mol. The van der Waals surface area contributed by atoms with Crippen molar-refractivity contribution in [3.63, 3.8) is 0 Å². The molecule has 0 aliphatic rings. The normalized spacial score (nSPS) is 11.8. The van der Waals surface area contributed by atoms with Gasteiger partial charge in [-0.2, -0.15) is 0 Å². The lowest BCUT2D eigenvalue weighted by Gasteiger charge is -2.05. The molecule has 0 amide bonds. The Kier molecular flexibility index (Phi) is 4.95. The number of hydrogen-bond acceptors (Lipinski definition) is 1. The first-order valence-corrected chi connectivity index (χ1v) is 6.59. The van der Waals surface area contributed by atoms with Crippen LogP contribution in [0.3, 0.4) is 0 Å². The summed E-state index contributed by atoms with van der Waals surface area (Å²) in [6.07, 6.45) is 4.02. The van der Waals surface area contributed by atoms with E-state index in [-0.39, 0.29) is 0 Å². The molecule has 0 fully saturated rings. The molecule has 2 aromatic carbocycles. The summed E-state index contributed by atoms with van der Waals surface area (Å²) in [6, 6.07) is 18.1. The number of hydrogen-bond donors (Lipinski definition) is 2. The highest BCUT2D eigenvalue weighted by atomic mass is 15.1. The second-order valence-electron chi connectivity index (χ2n) is 4.53. The highest BCUT2D eigenvalue weighted by molar-refractivity contribution is 5.92. The van der Waals surface area contributed by atoms with Gasteiger partial charge in [0.1, 0.15) is 0 Å². The van der Waals surface area contributed by atoms with Crippen LogP contribution in [0, 0.1) is 6.92 Å². The summed E-state index contributed by atoms with van der Waals surface area (Å²) < 4.78 is 0. The Hall–Kier alpha value is -2.55. The molecule has 0 aliphatic heterocycles. The van der Waals surface area contributed by atoms with E-state index < -0.39 is 0 Å². The number of rotatable bonds is 4. The van der Waals surface area contributed by atoms with Crippen molar-refractivity contribution in [1.82, 2.24) is 0 Å². The van der Waals surface area contributed by atoms with Gasteiger partial charge in [-0.1, -0.05) is 54.6 Å². The second kappa shape index (κ2) is 7.14. The molecule has 3 nitrogen and oxygen atoms in total. The van der Waals surface area contributed by atoms with Gasteiger partial charge in [-0.15, -0.1) is 0 Å². The van der Waals surface area contributed by atoms with Crippen molar-refractivity contribution < 1.29 is 0 Å². The molecule has 0 aliphatic carbocycles. The van der Waals surface area contributed by atoms with E-state index >= 15 is 0 Å². The summed E-state index contributed by atoms with van der Waals surface area (Å²) in [4.78, 5) is 4.26. The summed E-state index contributed by atoms with van der Waals surface area (Å²) in [5, 5.41) is 3.08. The summed E-state index contributed by atoms with van der Waals surface area (Å²) in [5.74, 6) is 0.424. The summed E-state index contributed by atoms with van der Waals surface area (Å²) in [6.45, 7) is 2.60. The smallest absolute Gasteiger partial charge is 0.193 e. The average Bonchev–Trinajstić information content (AvgIpc) is 2.45. The van der Waals surface area contributed by atoms with E-state index in [2.05, 4.69) is 22.4 Å². The van der Waals surface area contributed by atoms with Crippen LogP contribution in [-0.4, -0.2) is 12.5 Å². The van der Waals surface area contributed by atoms with Crippen molar-refractivity contribution in [3.8, 4) is 0 Å². The highest BCUT2D eigenvalue weighted by Crippen LogP contribution is 2.08. The standard InChI is InChI=1S/C17H19N3/c1-14-7-5-11-16(13-14)20-17(18)19-12-6-10-15-8-3-2-4-9-15/h2-11,13H,12H2,1H3,(H3,18,19,20). The van der Waals surface area contributed by atoms with Crippen LogP contribution in [-0.2, 0) is 0 Å². The number of aliphatic imine (C=N–C) groups is 1. The maximum absolute atomic E-state index is 5.84. The number of nitrogens with zero attached hydrogens (tertiary/aromatic N) is 1. The molecular formula is C17H19N3. The third-order valence-electron chi connectivity index (χ3n) is 2.77. The maximum atomic E-state index is 5.84. The van der Waals surface area contributed by atoms with E-state index in [1.807, 2.05) is 61.5 Å². The molecular weight excluding hydrogens is 246 g/mol. The van der Waals surface area contributed by atoms with E-state index in [1.165, 1.54) is 5.56 Å². The third-order valence-corrected chi connectivity index (χ3v) is 2.77. The highest BCUT2D eigenvalue weighted by Gasteiger charge is 1.94. The van der Waals surface area contributed by atoms with Crippen molar-refractivity contribution >= 4 is 17.7 Å². The molecule has 0 unspecified atom stereocenters. The molecule has 0 atom stereocenters. The zero-order valence-electron chi connectivity index (χ0n) is 11.6. The Morgan fingerprint density at radius 2 is 1.95 bits per heavy atom. The number of benzene rings is 2. The fourth-order valence-corrected chi connectivity index (χ4v) is 1.81. The Morgan fingerprint density at radius 3 is 2.70 bits per heavy atom. The number of aryl methyl sites for hydroxylation is 1. The number of nitrogens with two attached hydrogens (primary N) is 1. The molecule has 2 rings (SSSR count). The van der Waals surface area contributed by atoms with Crippen LogP contribution in [0.25, 0.3) is 6.08 Å². The van der Waals surface area contributed by atoms with Crippen LogP contribution in [0.2, 0.25) is 0 Å². The largest absolute Gasteiger partial charge is 0.370 e. The monoisotopic (exact) mass is 265 g/mol. The van der Waals surface area contributed by atoms with Gasteiger partial charge in [0, 0.05) is 5.69 Å². The van der Waals surface area contributed by atoms with Crippen molar-refractivity contribution in [1.29, 1.82) is 0 Å². The van der Waals surface area contributed by atoms with Gasteiger partial charge in [0.2, 0.25) is 0 Å². The van der Waals surface area contributed by atoms with Crippen molar-refractivity contribution in [2.75, 3.05) is 11.9 Å². The molecule has 0 saturated heterocycles. The van der Waals surface area contributed by atoms with E-state index in [0.29, 0.717) is 12.5 Å². The minimum atomic E-state index is 0.424. The summed E-state index contributed by atoms with van der Waals surface area (Å²) in [7, 11) is 0. The fourth-order valence-electron chi connectivity index (χ4n) is 1.81. The van der Waals surface area contributed by atoms with Gasteiger partial charge in [0.15, 0.2) is 5.96 Å². The molecule has 2 aromatic rings. The zero-order chi connectivity index (χ0) is 14.2. The van der Waals surface area contributed by atoms with Gasteiger partial charge in [0.25, 0.3) is 0 Å². The Balaban J connectivity index is 1.87. The molecule has 0 spiro atoms. The Morgan fingerprint density at radius 1 is 1.15 bits per heavy atom. The predicted octanol–water partition coefficient (Wildman–Crippen LogP) is 3.44. The lowest BCUT2D eigenvalue weighted by atomic mass is 10.2. The van der Waals surface area contributed by atoms with Crippen LogP contribution >= 0.6 is 0 Å². The number of anilines is 1. The van der Waals surface area contributed by atoms with E-state index in [9.17, 15) is 0 Å². The average molecular weight is 265 g/mol.